The molecule has 0 aliphatic carbocycles. The van der Waals surface area contributed by atoms with E-state index in [4.69, 9.17) is 19.4 Å². The van der Waals surface area contributed by atoms with Crippen LogP contribution in [0.5, 0.6) is 0 Å². The van der Waals surface area contributed by atoms with Gasteiger partial charge < -0.3 is 4.42 Å². The summed E-state index contributed by atoms with van der Waals surface area (Å²) in [6, 6.07) is 47.5. The highest BCUT2D eigenvalue weighted by molar-refractivity contribution is 6.21. The highest BCUT2D eigenvalue weighted by Crippen LogP contribution is 2.42. The van der Waals surface area contributed by atoms with Gasteiger partial charge in [0.25, 0.3) is 0 Å². The normalized spacial score (nSPS) is 11.4. The fourth-order valence-electron chi connectivity index (χ4n) is 5.53. The number of fused-ring (bicyclic) bond motifs is 5. The zero-order valence-corrected chi connectivity index (χ0v) is 22.0. The third kappa shape index (κ3) is 4.05. The summed E-state index contributed by atoms with van der Waals surface area (Å²) in [7, 11) is 0. The second-order valence-corrected chi connectivity index (χ2v) is 10.1. The van der Waals surface area contributed by atoms with E-state index in [1.807, 2.05) is 66.7 Å². The molecule has 41 heavy (non-hydrogen) atoms. The van der Waals surface area contributed by atoms with Gasteiger partial charge in [0.2, 0.25) is 0 Å². The van der Waals surface area contributed by atoms with Crippen LogP contribution in [0.3, 0.4) is 0 Å². The second kappa shape index (κ2) is 9.54. The van der Waals surface area contributed by atoms with E-state index in [9.17, 15) is 0 Å². The van der Waals surface area contributed by atoms with Crippen molar-refractivity contribution in [3.8, 4) is 45.3 Å². The zero-order chi connectivity index (χ0) is 27.2. The van der Waals surface area contributed by atoms with E-state index >= 15 is 0 Å². The van der Waals surface area contributed by atoms with Crippen LogP contribution in [0.25, 0.3) is 78.0 Å². The van der Waals surface area contributed by atoms with Crippen molar-refractivity contribution in [1.29, 1.82) is 0 Å². The molecule has 8 aromatic rings. The van der Waals surface area contributed by atoms with Gasteiger partial charge in [-0.3, -0.25) is 0 Å². The molecular formula is C37H23N3O. The first-order valence-corrected chi connectivity index (χ1v) is 13.6. The Labute approximate surface area is 236 Å². The predicted molar refractivity (Wildman–Crippen MR) is 166 cm³/mol. The van der Waals surface area contributed by atoms with E-state index in [0.717, 1.165) is 60.5 Å². The van der Waals surface area contributed by atoms with Crippen molar-refractivity contribution in [2.45, 2.75) is 0 Å². The van der Waals surface area contributed by atoms with E-state index in [2.05, 4.69) is 72.8 Å². The smallest absolute Gasteiger partial charge is 0.164 e. The SMILES string of the molecule is c1ccc(-c2nc(-c3ccccc3)nc(-c3ccc4c(c3)oc3c5ccccc5cc(-c5ccccc5)c43)n2)cc1. The van der Waals surface area contributed by atoms with E-state index < -0.39 is 0 Å². The van der Waals surface area contributed by atoms with Crippen LogP contribution < -0.4 is 0 Å². The zero-order valence-electron chi connectivity index (χ0n) is 22.0. The number of aromatic nitrogens is 3. The Kier molecular flexibility index (Phi) is 5.42. The molecule has 6 aromatic carbocycles. The molecule has 0 radical (unpaired) electrons. The average molecular weight is 526 g/mol. The van der Waals surface area contributed by atoms with Crippen molar-refractivity contribution in [3.05, 3.63) is 140 Å². The van der Waals surface area contributed by atoms with Gasteiger partial charge in [0, 0.05) is 32.8 Å². The molecule has 0 spiro atoms. The van der Waals surface area contributed by atoms with E-state index in [0.29, 0.717) is 17.5 Å². The second-order valence-electron chi connectivity index (χ2n) is 10.1. The van der Waals surface area contributed by atoms with Gasteiger partial charge in [-0.15, -0.1) is 0 Å². The molecule has 2 heterocycles. The lowest BCUT2D eigenvalue weighted by Gasteiger charge is -2.08. The van der Waals surface area contributed by atoms with E-state index in [1.54, 1.807) is 0 Å². The molecule has 0 amide bonds. The van der Waals surface area contributed by atoms with Crippen LogP contribution in [0.4, 0.5) is 0 Å². The lowest BCUT2D eigenvalue weighted by Crippen LogP contribution is -2.00. The maximum absolute atomic E-state index is 6.65. The van der Waals surface area contributed by atoms with Gasteiger partial charge in [-0.05, 0) is 34.7 Å². The lowest BCUT2D eigenvalue weighted by atomic mass is 9.95. The number of hydrogen-bond acceptors (Lipinski definition) is 4. The maximum atomic E-state index is 6.65. The summed E-state index contributed by atoms with van der Waals surface area (Å²) in [6.07, 6.45) is 0. The maximum Gasteiger partial charge on any atom is 0.164 e. The van der Waals surface area contributed by atoms with Gasteiger partial charge in [0.15, 0.2) is 17.5 Å². The summed E-state index contributed by atoms with van der Waals surface area (Å²) >= 11 is 0. The fraction of sp³-hybridized carbons (Fsp3) is 0. The third-order valence-electron chi connectivity index (χ3n) is 7.51. The first-order chi connectivity index (χ1) is 20.3. The molecule has 0 atom stereocenters. The standard InChI is InChI=1S/C37H23N3O/c1-4-12-24(13-5-1)31-22-27-18-10-11-19-29(27)34-33(31)30-21-20-28(23-32(30)41-34)37-39-35(25-14-6-2-7-15-25)38-36(40-37)26-16-8-3-9-17-26/h1-23H. The van der Waals surface area contributed by atoms with Crippen molar-refractivity contribution in [1.82, 2.24) is 15.0 Å². The minimum Gasteiger partial charge on any atom is -0.455 e. The topological polar surface area (TPSA) is 51.8 Å². The van der Waals surface area contributed by atoms with E-state index in [-0.39, 0.29) is 0 Å². The number of furan rings is 1. The van der Waals surface area contributed by atoms with Crippen molar-refractivity contribution < 1.29 is 4.42 Å². The molecule has 0 aliphatic rings. The minimum absolute atomic E-state index is 0.605. The monoisotopic (exact) mass is 525 g/mol. The minimum atomic E-state index is 0.605. The molecule has 0 fully saturated rings. The molecule has 4 nitrogen and oxygen atoms in total. The molecular weight excluding hydrogens is 502 g/mol. The van der Waals surface area contributed by atoms with Gasteiger partial charge in [-0.1, -0.05) is 121 Å². The largest absolute Gasteiger partial charge is 0.455 e. The van der Waals surface area contributed by atoms with Crippen molar-refractivity contribution >= 4 is 32.7 Å². The number of benzene rings is 6. The van der Waals surface area contributed by atoms with Gasteiger partial charge in [-0.25, -0.2) is 15.0 Å². The van der Waals surface area contributed by atoms with Gasteiger partial charge in [0.1, 0.15) is 11.2 Å². The van der Waals surface area contributed by atoms with Crippen LogP contribution in [0, 0.1) is 0 Å². The van der Waals surface area contributed by atoms with Crippen molar-refractivity contribution in [2.75, 3.05) is 0 Å². The van der Waals surface area contributed by atoms with Crippen LogP contribution in [-0.2, 0) is 0 Å². The molecule has 0 saturated carbocycles. The van der Waals surface area contributed by atoms with Crippen LogP contribution in [0.2, 0.25) is 0 Å². The molecule has 0 unspecified atom stereocenters. The molecule has 4 heteroatoms. The Hall–Kier alpha value is -5.61. The molecule has 0 aliphatic heterocycles. The third-order valence-corrected chi connectivity index (χ3v) is 7.51. The fourth-order valence-corrected chi connectivity index (χ4v) is 5.53. The molecule has 0 saturated heterocycles. The summed E-state index contributed by atoms with van der Waals surface area (Å²) < 4.78 is 6.65. The Morgan fingerprint density at radius 1 is 0.415 bits per heavy atom. The lowest BCUT2D eigenvalue weighted by molar-refractivity contribution is 0.673. The van der Waals surface area contributed by atoms with Gasteiger partial charge in [-0.2, -0.15) is 0 Å². The quantitative estimate of drug-likeness (QED) is 0.230. The predicted octanol–water partition coefficient (Wildman–Crippen LogP) is 9.59. The van der Waals surface area contributed by atoms with Crippen LogP contribution >= 0.6 is 0 Å². The average Bonchev–Trinajstić information content (AvgIpc) is 3.45. The highest BCUT2D eigenvalue weighted by atomic mass is 16.3. The number of hydrogen-bond donors (Lipinski definition) is 0. The van der Waals surface area contributed by atoms with Crippen molar-refractivity contribution in [3.63, 3.8) is 0 Å². The molecule has 192 valence electrons. The van der Waals surface area contributed by atoms with Crippen LogP contribution in [-0.4, -0.2) is 15.0 Å². The molecule has 0 bridgehead atoms. The Morgan fingerprint density at radius 2 is 0.951 bits per heavy atom. The molecule has 8 rings (SSSR count). The Morgan fingerprint density at radius 3 is 1.59 bits per heavy atom. The molecule has 0 N–H and O–H groups in total. The van der Waals surface area contributed by atoms with E-state index in [1.165, 1.54) is 0 Å². The van der Waals surface area contributed by atoms with Gasteiger partial charge in [0.05, 0.1) is 0 Å². The summed E-state index contributed by atoms with van der Waals surface area (Å²) in [5.74, 6) is 1.88. The first kappa shape index (κ1) is 23.3. The first-order valence-electron chi connectivity index (χ1n) is 13.6. The van der Waals surface area contributed by atoms with Crippen LogP contribution in [0.1, 0.15) is 0 Å². The highest BCUT2D eigenvalue weighted by Gasteiger charge is 2.18. The number of rotatable bonds is 4. The summed E-state index contributed by atoms with van der Waals surface area (Å²) in [5, 5.41) is 4.42. The van der Waals surface area contributed by atoms with Crippen molar-refractivity contribution in [2.24, 2.45) is 0 Å². The Bertz CT molecular complexity index is 2130. The summed E-state index contributed by atoms with van der Waals surface area (Å²) in [4.78, 5) is 14.7. The summed E-state index contributed by atoms with van der Waals surface area (Å²) in [5.41, 5.74) is 6.76. The Balaban J connectivity index is 1.37. The number of nitrogens with zero attached hydrogens (tertiary/aromatic N) is 3. The molecule has 2 aromatic heterocycles. The summed E-state index contributed by atoms with van der Waals surface area (Å²) in [6.45, 7) is 0. The van der Waals surface area contributed by atoms with Crippen LogP contribution in [0.15, 0.2) is 144 Å². The van der Waals surface area contributed by atoms with Gasteiger partial charge >= 0.3 is 0 Å².